The van der Waals surface area contributed by atoms with E-state index >= 15 is 0 Å². The Hall–Kier alpha value is -2.72. The Balaban J connectivity index is 1.71. The molecule has 0 radical (unpaired) electrons. The summed E-state index contributed by atoms with van der Waals surface area (Å²) in [5.74, 6) is -0.119. The molecule has 11 heteroatoms. The van der Waals surface area contributed by atoms with E-state index in [0.29, 0.717) is 23.5 Å². The number of hydrogen-bond acceptors (Lipinski definition) is 6. The van der Waals surface area contributed by atoms with E-state index in [1.807, 2.05) is 4.90 Å². The number of nitrogens with one attached hydrogen (secondary N) is 1. The summed E-state index contributed by atoms with van der Waals surface area (Å²) in [6.07, 6.45) is -1.63. The third kappa shape index (κ3) is 1.89. The zero-order valence-corrected chi connectivity index (χ0v) is 11.0. The Morgan fingerprint density at radius 1 is 1.09 bits per heavy atom. The van der Waals surface area contributed by atoms with Gasteiger partial charge in [0.05, 0.1) is 12.9 Å². The first-order chi connectivity index (χ1) is 10.5. The molecule has 3 aromatic heterocycles. The summed E-state index contributed by atoms with van der Waals surface area (Å²) >= 11 is 0. The van der Waals surface area contributed by atoms with Crippen molar-refractivity contribution >= 4 is 17.0 Å². The second-order valence-corrected chi connectivity index (χ2v) is 4.81. The Morgan fingerprint density at radius 2 is 1.95 bits per heavy atom. The van der Waals surface area contributed by atoms with Crippen molar-refractivity contribution in [2.45, 2.75) is 19.3 Å². The summed E-state index contributed by atoms with van der Waals surface area (Å²) in [5.41, 5.74) is 1.15. The highest BCUT2D eigenvalue weighted by molar-refractivity contribution is 5.82. The quantitative estimate of drug-likeness (QED) is 0.721. The Bertz CT molecular complexity index is 835. The van der Waals surface area contributed by atoms with Gasteiger partial charge in [-0.1, -0.05) is 0 Å². The fourth-order valence-electron chi connectivity index (χ4n) is 2.54. The van der Waals surface area contributed by atoms with Gasteiger partial charge in [-0.25, -0.2) is 15.0 Å². The number of anilines is 1. The number of rotatable bonds is 1. The molecule has 1 aliphatic rings. The molecule has 0 amide bonds. The van der Waals surface area contributed by atoms with Gasteiger partial charge in [0.15, 0.2) is 17.3 Å². The maximum atomic E-state index is 12.8. The number of fused-ring (bicyclic) bond motifs is 2. The van der Waals surface area contributed by atoms with E-state index in [4.69, 9.17) is 0 Å². The van der Waals surface area contributed by atoms with Gasteiger partial charge in [0.2, 0.25) is 5.82 Å². The molecule has 0 bridgehead atoms. The van der Waals surface area contributed by atoms with Gasteiger partial charge in [0, 0.05) is 13.1 Å². The van der Waals surface area contributed by atoms with E-state index in [1.54, 1.807) is 0 Å². The van der Waals surface area contributed by atoms with Crippen LogP contribution >= 0.6 is 0 Å². The highest BCUT2D eigenvalue weighted by Gasteiger charge is 2.39. The van der Waals surface area contributed by atoms with Gasteiger partial charge in [0.1, 0.15) is 11.8 Å². The number of nitrogens with zero attached hydrogens (tertiary/aromatic N) is 7. The van der Waals surface area contributed by atoms with Crippen molar-refractivity contribution in [1.29, 1.82) is 0 Å². The van der Waals surface area contributed by atoms with Crippen molar-refractivity contribution in [3.63, 3.8) is 0 Å². The molecule has 4 rings (SSSR count). The van der Waals surface area contributed by atoms with E-state index in [1.165, 1.54) is 12.7 Å². The molecule has 1 N–H and O–H groups in total. The van der Waals surface area contributed by atoms with Gasteiger partial charge >= 0.3 is 6.18 Å². The summed E-state index contributed by atoms with van der Waals surface area (Å²) in [6, 6.07) is 0. The van der Waals surface area contributed by atoms with Crippen LogP contribution in [-0.2, 0) is 19.3 Å². The first-order valence-corrected chi connectivity index (χ1v) is 6.42. The molecule has 4 heterocycles. The van der Waals surface area contributed by atoms with Crippen LogP contribution in [0.2, 0.25) is 0 Å². The number of halogens is 3. The lowest BCUT2D eigenvalue weighted by Crippen LogP contribution is -2.36. The van der Waals surface area contributed by atoms with Gasteiger partial charge in [0.25, 0.3) is 0 Å². The summed E-state index contributed by atoms with van der Waals surface area (Å²) in [7, 11) is 0. The van der Waals surface area contributed by atoms with Crippen LogP contribution in [0.3, 0.4) is 0 Å². The molecule has 0 aliphatic carbocycles. The fraction of sp³-hybridized carbons (Fsp3) is 0.364. The second kappa shape index (κ2) is 4.39. The van der Waals surface area contributed by atoms with Crippen LogP contribution in [0.15, 0.2) is 12.7 Å². The van der Waals surface area contributed by atoms with Crippen molar-refractivity contribution in [2.24, 2.45) is 0 Å². The van der Waals surface area contributed by atoms with E-state index in [9.17, 15) is 13.2 Å². The van der Waals surface area contributed by atoms with E-state index in [0.717, 1.165) is 4.57 Å². The summed E-state index contributed by atoms with van der Waals surface area (Å²) in [5, 5.41) is 6.91. The molecule has 0 unspecified atom stereocenters. The molecule has 22 heavy (non-hydrogen) atoms. The standard InChI is InChI=1S/C11H9F3N8/c12-11(13,14)10-20-19-6-3-21(1-2-22(6)10)9-7-8(16-4-15-7)17-5-18-9/h4-5H,1-3H2,(H,15,16,17,18). The summed E-state index contributed by atoms with van der Waals surface area (Å²) in [6.45, 7) is 0.685. The normalized spacial score (nSPS) is 15.3. The summed E-state index contributed by atoms with van der Waals surface area (Å²) < 4.78 is 39.6. The third-order valence-corrected chi connectivity index (χ3v) is 3.51. The third-order valence-electron chi connectivity index (χ3n) is 3.51. The number of alkyl halides is 3. The smallest absolute Gasteiger partial charge is 0.345 e. The lowest BCUT2D eigenvalue weighted by atomic mass is 10.3. The number of aromatic nitrogens is 7. The topological polar surface area (TPSA) is 88.4 Å². The monoisotopic (exact) mass is 310 g/mol. The highest BCUT2D eigenvalue weighted by Crippen LogP contribution is 2.30. The first kappa shape index (κ1) is 13.0. The van der Waals surface area contributed by atoms with Crippen LogP contribution in [0.1, 0.15) is 11.6 Å². The number of hydrogen-bond donors (Lipinski definition) is 1. The van der Waals surface area contributed by atoms with Crippen molar-refractivity contribution in [3.05, 3.63) is 24.3 Å². The van der Waals surface area contributed by atoms with Gasteiger partial charge in [-0.15, -0.1) is 10.2 Å². The van der Waals surface area contributed by atoms with E-state index in [2.05, 4.69) is 30.1 Å². The Kier molecular flexibility index (Phi) is 2.59. The highest BCUT2D eigenvalue weighted by atomic mass is 19.4. The Morgan fingerprint density at radius 3 is 2.77 bits per heavy atom. The zero-order valence-electron chi connectivity index (χ0n) is 11.0. The molecule has 0 aromatic carbocycles. The predicted molar refractivity (Wildman–Crippen MR) is 67.8 cm³/mol. The maximum absolute atomic E-state index is 12.8. The van der Waals surface area contributed by atoms with Gasteiger partial charge in [-0.3, -0.25) is 0 Å². The van der Waals surface area contributed by atoms with Crippen molar-refractivity contribution in [2.75, 3.05) is 11.4 Å². The molecule has 0 atom stereocenters. The molecule has 114 valence electrons. The number of imidazole rings is 1. The largest absolute Gasteiger partial charge is 0.451 e. The van der Waals surface area contributed by atoms with Crippen LogP contribution in [0.4, 0.5) is 19.0 Å². The molecule has 0 spiro atoms. The summed E-state index contributed by atoms with van der Waals surface area (Å²) in [4.78, 5) is 17.0. The second-order valence-electron chi connectivity index (χ2n) is 4.81. The molecule has 1 aliphatic heterocycles. The van der Waals surface area contributed by atoms with Crippen LogP contribution in [-0.4, -0.2) is 41.2 Å². The minimum atomic E-state index is -4.50. The zero-order chi connectivity index (χ0) is 15.3. The molecular weight excluding hydrogens is 301 g/mol. The van der Waals surface area contributed by atoms with Crippen LogP contribution in [0.5, 0.6) is 0 Å². The molecule has 0 saturated carbocycles. The molecule has 0 fully saturated rings. The maximum Gasteiger partial charge on any atom is 0.451 e. The van der Waals surface area contributed by atoms with Crippen LogP contribution in [0, 0.1) is 0 Å². The van der Waals surface area contributed by atoms with E-state index < -0.39 is 12.0 Å². The average Bonchev–Trinajstić information content (AvgIpc) is 3.11. The molecule has 8 nitrogen and oxygen atoms in total. The molecular formula is C11H9F3N8. The number of H-pyrrole nitrogens is 1. The van der Waals surface area contributed by atoms with E-state index in [-0.39, 0.29) is 18.9 Å². The number of aromatic amines is 1. The fourth-order valence-corrected chi connectivity index (χ4v) is 2.54. The Labute approximate surface area is 121 Å². The molecule has 0 saturated heterocycles. The molecule has 3 aromatic rings. The van der Waals surface area contributed by atoms with Crippen molar-refractivity contribution < 1.29 is 13.2 Å². The average molecular weight is 310 g/mol. The lowest BCUT2D eigenvalue weighted by Gasteiger charge is -2.28. The minimum absolute atomic E-state index is 0.136. The minimum Gasteiger partial charge on any atom is -0.345 e. The first-order valence-electron chi connectivity index (χ1n) is 6.42. The van der Waals surface area contributed by atoms with Crippen molar-refractivity contribution in [1.82, 2.24) is 34.7 Å². The van der Waals surface area contributed by atoms with Crippen LogP contribution in [0.25, 0.3) is 11.2 Å². The van der Waals surface area contributed by atoms with Gasteiger partial charge < -0.3 is 14.5 Å². The lowest BCUT2D eigenvalue weighted by molar-refractivity contribution is -0.147. The van der Waals surface area contributed by atoms with Gasteiger partial charge in [-0.2, -0.15) is 13.2 Å². The van der Waals surface area contributed by atoms with Gasteiger partial charge in [-0.05, 0) is 0 Å². The van der Waals surface area contributed by atoms with Crippen molar-refractivity contribution in [3.8, 4) is 0 Å². The van der Waals surface area contributed by atoms with Crippen LogP contribution < -0.4 is 4.90 Å². The SMILES string of the molecule is FC(F)(F)c1nnc2n1CCN(c1ncnc3nc[nH]c13)C2. The predicted octanol–water partition coefficient (Wildman–Crippen LogP) is 0.983.